The van der Waals surface area contributed by atoms with Crippen LogP contribution in [-0.2, 0) is 0 Å². The highest BCUT2D eigenvalue weighted by molar-refractivity contribution is 7.99. The second-order valence-electron chi connectivity index (χ2n) is 5.36. The van der Waals surface area contributed by atoms with Crippen LogP contribution < -0.4 is 11.1 Å². The Morgan fingerprint density at radius 2 is 2.00 bits per heavy atom. The molecule has 1 aromatic carbocycles. The van der Waals surface area contributed by atoms with Gasteiger partial charge in [0.2, 0.25) is 0 Å². The van der Waals surface area contributed by atoms with E-state index in [-0.39, 0.29) is 11.9 Å². The molecule has 0 aromatic heterocycles. The molecule has 110 valence electrons. The van der Waals surface area contributed by atoms with Crippen molar-refractivity contribution in [3.05, 3.63) is 29.1 Å². The van der Waals surface area contributed by atoms with Crippen LogP contribution in [0.5, 0.6) is 0 Å². The van der Waals surface area contributed by atoms with Crippen LogP contribution >= 0.6 is 11.8 Å². The minimum Gasteiger partial charge on any atom is -0.398 e. The van der Waals surface area contributed by atoms with Gasteiger partial charge in [-0.25, -0.2) is 4.39 Å². The van der Waals surface area contributed by atoms with Crippen LogP contribution in [0.15, 0.2) is 12.1 Å². The van der Waals surface area contributed by atoms with E-state index in [4.69, 9.17) is 5.73 Å². The molecular formula is C15H21FN2OS. The van der Waals surface area contributed by atoms with Gasteiger partial charge in [-0.15, -0.1) is 0 Å². The van der Waals surface area contributed by atoms with Gasteiger partial charge in [-0.05, 0) is 51.0 Å². The van der Waals surface area contributed by atoms with Gasteiger partial charge in [0.15, 0.2) is 0 Å². The molecular weight excluding hydrogens is 275 g/mol. The van der Waals surface area contributed by atoms with E-state index < -0.39 is 5.82 Å². The first kappa shape index (κ1) is 15.2. The molecule has 2 rings (SSSR count). The number of anilines is 1. The molecule has 1 amide bonds. The molecule has 3 nitrogen and oxygen atoms in total. The molecule has 0 spiro atoms. The molecule has 1 aliphatic rings. The molecule has 0 atom stereocenters. The smallest absolute Gasteiger partial charge is 0.251 e. The molecule has 1 aromatic rings. The van der Waals surface area contributed by atoms with E-state index in [9.17, 15) is 9.18 Å². The molecule has 0 unspecified atom stereocenters. The van der Waals surface area contributed by atoms with Crippen LogP contribution in [0.1, 0.15) is 41.6 Å². The van der Waals surface area contributed by atoms with E-state index in [1.165, 1.54) is 6.07 Å². The Morgan fingerprint density at radius 1 is 1.35 bits per heavy atom. The topological polar surface area (TPSA) is 55.1 Å². The number of hydrogen-bond acceptors (Lipinski definition) is 3. The Labute approximate surface area is 123 Å². The van der Waals surface area contributed by atoms with E-state index >= 15 is 0 Å². The molecule has 1 aliphatic carbocycles. The largest absolute Gasteiger partial charge is 0.398 e. The van der Waals surface area contributed by atoms with Crippen LogP contribution in [-0.4, -0.2) is 23.5 Å². The summed E-state index contributed by atoms with van der Waals surface area (Å²) in [5.74, 6) is -0.663. The summed E-state index contributed by atoms with van der Waals surface area (Å²) in [5, 5.41) is 3.69. The van der Waals surface area contributed by atoms with Crippen molar-refractivity contribution in [2.24, 2.45) is 0 Å². The lowest BCUT2D eigenvalue weighted by Gasteiger charge is -2.28. The summed E-state index contributed by atoms with van der Waals surface area (Å²) in [4.78, 5) is 12.1. The summed E-state index contributed by atoms with van der Waals surface area (Å²) >= 11 is 1.89. The number of nitrogens with two attached hydrogens (primary N) is 1. The van der Waals surface area contributed by atoms with Crippen molar-refractivity contribution in [1.82, 2.24) is 5.32 Å². The number of thioether (sulfide) groups is 1. The second kappa shape index (κ2) is 6.48. The normalized spacial score (nSPS) is 22.6. The minimum absolute atomic E-state index is 0.191. The summed E-state index contributed by atoms with van der Waals surface area (Å²) < 4.78 is 13.6. The van der Waals surface area contributed by atoms with Gasteiger partial charge in [-0.1, -0.05) is 0 Å². The fourth-order valence-electron chi connectivity index (χ4n) is 2.54. The molecule has 5 heteroatoms. The maximum Gasteiger partial charge on any atom is 0.251 e. The summed E-state index contributed by atoms with van der Waals surface area (Å²) in [6, 6.07) is 2.99. The average Bonchev–Trinajstić information content (AvgIpc) is 2.45. The van der Waals surface area contributed by atoms with Crippen molar-refractivity contribution < 1.29 is 9.18 Å². The SMILES string of the molecule is CSC1CCC(NC(=O)c2cc(N)c(C)c(F)c2)CC1. The summed E-state index contributed by atoms with van der Waals surface area (Å²) in [6.07, 6.45) is 6.34. The lowest BCUT2D eigenvalue weighted by atomic mass is 9.94. The van der Waals surface area contributed by atoms with E-state index in [1.54, 1.807) is 13.0 Å². The van der Waals surface area contributed by atoms with Crippen LogP contribution in [0.3, 0.4) is 0 Å². The number of amides is 1. The molecule has 0 aliphatic heterocycles. The van der Waals surface area contributed by atoms with Gasteiger partial charge < -0.3 is 11.1 Å². The lowest BCUT2D eigenvalue weighted by Crippen LogP contribution is -2.38. The average molecular weight is 296 g/mol. The molecule has 1 saturated carbocycles. The Balaban J connectivity index is 1.99. The first-order chi connectivity index (χ1) is 9.51. The molecule has 20 heavy (non-hydrogen) atoms. The molecule has 0 radical (unpaired) electrons. The number of carbonyl (C=O) groups excluding carboxylic acids is 1. The third kappa shape index (κ3) is 3.45. The number of nitrogen functional groups attached to an aromatic ring is 1. The Morgan fingerprint density at radius 3 is 2.55 bits per heavy atom. The van der Waals surface area contributed by atoms with Crippen molar-refractivity contribution in [3.63, 3.8) is 0 Å². The molecule has 0 heterocycles. The zero-order valence-corrected chi connectivity index (χ0v) is 12.7. The predicted molar refractivity (Wildman–Crippen MR) is 82.6 cm³/mol. The van der Waals surface area contributed by atoms with Gasteiger partial charge in [0.1, 0.15) is 5.82 Å². The van der Waals surface area contributed by atoms with Crippen LogP contribution in [0, 0.1) is 12.7 Å². The first-order valence-corrected chi connectivity index (χ1v) is 8.19. The van der Waals surface area contributed by atoms with Crippen LogP contribution in [0.4, 0.5) is 10.1 Å². The van der Waals surface area contributed by atoms with E-state index in [2.05, 4.69) is 11.6 Å². The second-order valence-corrected chi connectivity index (χ2v) is 6.49. The summed E-state index contributed by atoms with van der Waals surface area (Å²) in [7, 11) is 0. The monoisotopic (exact) mass is 296 g/mol. The maximum absolute atomic E-state index is 13.6. The first-order valence-electron chi connectivity index (χ1n) is 6.90. The van der Waals surface area contributed by atoms with Crippen molar-refractivity contribution in [1.29, 1.82) is 0 Å². The zero-order valence-electron chi connectivity index (χ0n) is 11.9. The molecule has 0 bridgehead atoms. The minimum atomic E-state index is -0.429. The Hall–Kier alpha value is -1.23. The van der Waals surface area contributed by atoms with Crippen molar-refractivity contribution >= 4 is 23.4 Å². The van der Waals surface area contributed by atoms with Crippen molar-refractivity contribution in [2.75, 3.05) is 12.0 Å². The third-order valence-corrected chi connectivity index (χ3v) is 5.13. The maximum atomic E-state index is 13.6. The molecule has 1 fully saturated rings. The zero-order chi connectivity index (χ0) is 14.7. The van der Waals surface area contributed by atoms with Gasteiger partial charge in [-0.2, -0.15) is 11.8 Å². The standard InChI is InChI=1S/C15H21FN2OS/c1-9-13(16)7-10(8-14(9)17)15(19)18-11-3-5-12(20-2)6-4-11/h7-8,11-12H,3-6,17H2,1-2H3,(H,18,19). The van der Waals surface area contributed by atoms with Gasteiger partial charge in [-0.3, -0.25) is 4.79 Å². The van der Waals surface area contributed by atoms with Gasteiger partial charge in [0, 0.05) is 28.1 Å². The van der Waals surface area contributed by atoms with E-state index in [1.807, 2.05) is 11.8 Å². The highest BCUT2D eigenvalue weighted by Crippen LogP contribution is 2.27. The number of nitrogens with one attached hydrogen (secondary N) is 1. The number of carbonyl (C=O) groups is 1. The number of benzene rings is 1. The number of hydrogen-bond donors (Lipinski definition) is 2. The predicted octanol–water partition coefficient (Wildman–Crippen LogP) is 3.12. The van der Waals surface area contributed by atoms with Gasteiger partial charge >= 0.3 is 0 Å². The number of rotatable bonds is 3. The Bertz CT molecular complexity index is 476. The summed E-state index contributed by atoms with van der Waals surface area (Å²) in [5.41, 5.74) is 6.72. The quantitative estimate of drug-likeness (QED) is 0.843. The Kier molecular flexibility index (Phi) is 4.91. The fourth-order valence-corrected chi connectivity index (χ4v) is 3.29. The highest BCUT2D eigenvalue weighted by Gasteiger charge is 2.22. The van der Waals surface area contributed by atoms with E-state index in [0.29, 0.717) is 22.1 Å². The summed E-state index contributed by atoms with van der Waals surface area (Å²) in [6.45, 7) is 1.61. The van der Waals surface area contributed by atoms with Crippen molar-refractivity contribution in [2.45, 2.75) is 43.9 Å². The van der Waals surface area contributed by atoms with Gasteiger partial charge in [0.05, 0.1) is 0 Å². The fraction of sp³-hybridized carbons (Fsp3) is 0.533. The van der Waals surface area contributed by atoms with E-state index in [0.717, 1.165) is 25.7 Å². The van der Waals surface area contributed by atoms with Crippen molar-refractivity contribution in [3.8, 4) is 0 Å². The highest BCUT2D eigenvalue weighted by atomic mass is 32.2. The van der Waals surface area contributed by atoms with Crippen LogP contribution in [0.25, 0.3) is 0 Å². The molecule has 3 N–H and O–H groups in total. The lowest BCUT2D eigenvalue weighted by molar-refractivity contribution is 0.0927. The molecule has 0 saturated heterocycles. The van der Waals surface area contributed by atoms with Crippen LogP contribution in [0.2, 0.25) is 0 Å². The van der Waals surface area contributed by atoms with Gasteiger partial charge in [0.25, 0.3) is 5.91 Å². The number of halogens is 1. The third-order valence-electron chi connectivity index (χ3n) is 3.99.